The first kappa shape index (κ1) is 14.7. The molecule has 0 saturated carbocycles. The highest BCUT2D eigenvalue weighted by Gasteiger charge is 2.08. The summed E-state index contributed by atoms with van der Waals surface area (Å²) in [6.45, 7) is 2.19. The number of carbonyl (C=O) groups is 1. The van der Waals surface area contributed by atoms with Gasteiger partial charge < -0.3 is 20.5 Å². The van der Waals surface area contributed by atoms with Crippen molar-refractivity contribution in [3.8, 4) is 11.5 Å². The average molecular weight is 286 g/mol. The molecule has 5 nitrogen and oxygen atoms in total. The van der Waals surface area contributed by atoms with Gasteiger partial charge in [-0.1, -0.05) is 29.8 Å². The zero-order valence-electron chi connectivity index (χ0n) is 12.0. The minimum atomic E-state index is -0.332. The number of rotatable bonds is 4. The van der Waals surface area contributed by atoms with Gasteiger partial charge in [-0.15, -0.1) is 0 Å². The van der Waals surface area contributed by atoms with E-state index < -0.39 is 0 Å². The SMILES string of the molecule is COc1cccc(CNC(=O)Nc2ccc(C)cc2)c1O. The van der Waals surface area contributed by atoms with Gasteiger partial charge in [-0.05, 0) is 25.1 Å². The Morgan fingerprint density at radius 3 is 2.57 bits per heavy atom. The fourth-order valence-corrected chi connectivity index (χ4v) is 1.86. The van der Waals surface area contributed by atoms with Crippen LogP contribution in [-0.4, -0.2) is 18.2 Å². The summed E-state index contributed by atoms with van der Waals surface area (Å²) < 4.78 is 5.02. The van der Waals surface area contributed by atoms with Crippen molar-refractivity contribution in [2.75, 3.05) is 12.4 Å². The molecule has 0 fully saturated rings. The zero-order valence-corrected chi connectivity index (χ0v) is 12.0. The van der Waals surface area contributed by atoms with Crippen molar-refractivity contribution in [2.45, 2.75) is 13.5 Å². The van der Waals surface area contributed by atoms with Crippen molar-refractivity contribution in [2.24, 2.45) is 0 Å². The topological polar surface area (TPSA) is 70.6 Å². The van der Waals surface area contributed by atoms with Gasteiger partial charge in [0.05, 0.1) is 7.11 Å². The third-order valence-electron chi connectivity index (χ3n) is 3.05. The molecule has 2 amide bonds. The van der Waals surface area contributed by atoms with E-state index in [1.54, 1.807) is 18.2 Å². The molecule has 0 heterocycles. The van der Waals surface area contributed by atoms with Gasteiger partial charge in [0.1, 0.15) is 0 Å². The number of nitrogens with one attached hydrogen (secondary N) is 2. The van der Waals surface area contributed by atoms with Crippen LogP contribution in [-0.2, 0) is 6.54 Å². The lowest BCUT2D eigenvalue weighted by Crippen LogP contribution is -2.28. The highest BCUT2D eigenvalue weighted by molar-refractivity contribution is 5.89. The number of ether oxygens (including phenoxy) is 1. The van der Waals surface area contributed by atoms with Crippen LogP contribution in [0, 0.1) is 6.92 Å². The Morgan fingerprint density at radius 1 is 1.19 bits per heavy atom. The molecule has 0 saturated heterocycles. The maximum absolute atomic E-state index is 11.8. The van der Waals surface area contributed by atoms with Crippen molar-refractivity contribution in [3.63, 3.8) is 0 Å². The monoisotopic (exact) mass is 286 g/mol. The third kappa shape index (κ3) is 3.89. The number of phenols is 1. The molecule has 2 aromatic rings. The summed E-state index contributed by atoms with van der Waals surface area (Å²) in [7, 11) is 1.48. The lowest BCUT2D eigenvalue weighted by Gasteiger charge is -2.11. The number of aryl methyl sites for hydroxylation is 1. The molecule has 2 rings (SSSR count). The summed E-state index contributed by atoms with van der Waals surface area (Å²) in [6.07, 6.45) is 0. The van der Waals surface area contributed by atoms with Crippen LogP contribution in [0.4, 0.5) is 10.5 Å². The van der Waals surface area contributed by atoms with Crippen LogP contribution < -0.4 is 15.4 Å². The van der Waals surface area contributed by atoms with E-state index in [2.05, 4.69) is 10.6 Å². The van der Waals surface area contributed by atoms with E-state index in [1.165, 1.54) is 7.11 Å². The van der Waals surface area contributed by atoms with Crippen LogP contribution in [0.3, 0.4) is 0 Å². The molecule has 0 aliphatic carbocycles. The van der Waals surface area contributed by atoms with Gasteiger partial charge in [0.15, 0.2) is 11.5 Å². The summed E-state index contributed by atoms with van der Waals surface area (Å²) >= 11 is 0. The summed E-state index contributed by atoms with van der Waals surface area (Å²) in [6, 6.07) is 12.3. The van der Waals surface area contributed by atoms with Crippen molar-refractivity contribution in [1.29, 1.82) is 0 Å². The van der Waals surface area contributed by atoms with Gasteiger partial charge in [0.2, 0.25) is 0 Å². The molecule has 0 aliphatic heterocycles. The number of hydrogen-bond acceptors (Lipinski definition) is 3. The van der Waals surface area contributed by atoms with Gasteiger partial charge in [0.25, 0.3) is 0 Å². The third-order valence-corrected chi connectivity index (χ3v) is 3.05. The Labute approximate surface area is 123 Å². The Hall–Kier alpha value is -2.69. The number of phenolic OH excluding ortho intramolecular Hbond substituents is 1. The van der Waals surface area contributed by atoms with Crippen molar-refractivity contribution in [3.05, 3.63) is 53.6 Å². The number of carbonyl (C=O) groups excluding carboxylic acids is 1. The molecule has 110 valence electrons. The fraction of sp³-hybridized carbons (Fsp3) is 0.188. The Kier molecular flexibility index (Phi) is 4.66. The molecule has 0 bridgehead atoms. The lowest BCUT2D eigenvalue weighted by molar-refractivity contribution is 0.251. The van der Waals surface area contributed by atoms with Crippen molar-refractivity contribution < 1.29 is 14.6 Å². The van der Waals surface area contributed by atoms with Crippen LogP contribution >= 0.6 is 0 Å². The second kappa shape index (κ2) is 6.65. The molecule has 0 spiro atoms. The quantitative estimate of drug-likeness (QED) is 0.809. The maximum Gasteiger partial charge on any atom is 0.319 e. The van der Waals surface area contributed by atoms with E-state index in [4.69, 9.17) is 4.74 Å². The number of methoxy groups -OCH3 is 1. The van der Waals surface area contributed by atoms with E-state index >= 15 is 0 Å². The van der Waals surface area contributed by atoms with Gasteiger partial charge in [-0.3, -0.25) is 0 Å². The van der Waals surface area contributed by atoms with Crippen LogP contribution in [0.1, 0.15) is 11.1 Å². The second-order valence-electron chi connectivity index (χ2n) is 4.64. The number of amides is 2. The Bertz CT molecular complexity index is 624. The first-order valence-electron chi connectivity index (χ1n) is 6.56. The smallest absolute Gasteiger partial charge is 0.319 e. The first-order valence-corrected chi connectivity index (χ1v) is 6.56. The number of urea groups is 1. The summed E-state index contributed by atoms with van der Waals surface area (Å²) in [5.74, 6) is 0.420. The molecular weight excluding hydrogens is 268 g/mol. The molecule has 2 aromatic carbocycles. The Morgan fingerprint density at radius 2 is 1.90 bits per heavy atom. The molecule has 0 aromatic heterocycles. The number of benzene rings is 2. The van der Waals surface area contributed by atoms with E-state index in [-0.39, 0.29) is 18.3 Å². The highest BCUT2D eigenvalue weighted by Crippen LogP contribution is 2.29. The molecule has 0 unspecified atom stereocenters. The molecular formula is C16H18N2O3. The molecule has 5 heteroatoms. The minimum Gasteiger partial charge on any atom is -0.504 e. The van der Waals surface area contributed by atoms with E-state index in [0.717, 1.165) is 5.56 Å². The predicted octanol–water partition coefficient (Wildman–Crippen LogP) is 3.03. The molecule has 3 N–H and O–H groups in total. The maximum atomic E-state index is 11.8. The number of para-hydroxylation sites is 1. The fourth-order valence-electron chi connectivity index (χ4n) is 1.86. The van der Waals surface area contributed by atoms with E-state index in [9.17, 15) is 9.90 Å². The Balaban J connectivity index is 1.94. The molecule has 0 radical (unpaired) electrons. The van der Waals surface area contributed by atoms with E-state index in [0.29, 0.717) is 17.0 Å². The number of aromatic hydroxyl groups is 1. The van der Waals surface area contributed by atoms with Crippen LogP contribution in [0.15, 0.2) is 42.5 Å². The first-order chi connectivity index (χ1) is 10.1. The standard InChI is InChI=1S/C16H18N2O3/c1-11-6-8-13(9-7-11)18-16(20)17-10-12-4-3-5-14(21-2)15(12)19/h3-9,19H,10H2,1-2H3,(H2,17,18,20). The zero-order chi connectivity index (χ0) is 15.2. The minimum absolute atomic E-state index is 0.0376. The van der Waals surface area contributed by atoms with Crippen LogP contribution in [0.25, 0.3) is 0 Å². The van der Waals surface area contributed by atoms with Gasteiger partial charge >= 0.3 is 6.03 Å². The predicted molar refractivity (Wildman–Crippen MR) is 81.7 cm³/mol. The molecule has 21 heavy (non-hydrogen) atoms. The highest BCUT2D eigenvalue weighted by atomic mass is 16.5. The van der Waals surface area contributed by atoms with E-state index in [1.807, 2.05) is 31.2 Å². The van der Waals surface area contributed by atoms with Crippen molar-refractivity contribution >= 4 is 11.7 Å². The molecule has 0 atom stereocenters. The number of anilines is 1. The molecule has 0 aliphatic rings. The average Bonchev–Trinajstić information content (AvgIpc) is 2.48. The largest absolute Gasteiger partial charge is 0.504 e. The summed E-state index contributed by atoms with van der Waals surface area (Å²) in [4.78, 5) is 11.8. The van der Waals surface area contributed by atoms with Crippen LogP contribution in [0.2, 0.25) is 0 Å². The normalized spacial score (nSPS) is 10.0. The van der Waals surface area contributed by atoms with Crippen LogP contribution in [0.5, 0.6) is 11.5 Å². The van der Waals surface area contributed by atoms with Gasteiger partial charge in [-0.2, -0.15) is 0 Å². The lowest BCUT2D eigenvalue weighted by atomic mass is 10.2. The number of hydrogen-bond donors (Lipinski definition) is 3. The second-order valence-corrected chi connectivity index (χ2v) is 4.64. The summed E-state index contributed by atoms with van der Waals surface area (Å²) in [5, 5.41) is 15.3. The van der Waals surface area contributed by atoms with Crippen molar-refractivity contribution in [1.82, 2.24) is 5.32 Å². The van der Waals surface area contributed by atoms with Gasteiger partial charge in [-0.25, -0.2) is 4.79 Å². The summed E-state index contributed by atoms with van der Waals surface area (Å²) in [5.41, 5.74) is 2.43. The van der Waals surface area contributed by atoms with Gasteiger partial charge in [0, 0.05) is 17.8 Å².